The van der Waals surface area contributed by atoms with E-state index in [4.69, 9.17) is 0 Å². The van der Waals surface area contributed by atoms with Crippen LogP contribution in [0, 0.1) is 35.5 Å². The van der Waals surface area contributed by atoms with Crippen molar-refractivity contribution in [1.82, 2.24) is 31.9 Å². The molecule has 1 saturated heterocycles. The van der Waals surface area contributed by atoms with Crippen LogP contribution in [0.25, 0.3) is 0 Å². The molecule has 0 bridgehead atoms. The number of hydrogen-bond donors (Lipinski definition) is 6. The van der Waals surface area contributed by atoms with Gasteiger partial charge in [0, 0.05) is 0 Å². The summed E-state index contributed by atoms with van der Waals surface area (Å²) in [5.74, 6) is -2.93. The number of hydrogen-bond acceptors (Lipinski definition) is 6. The first-order valence-corrected chi connectivity index (χ1v) is 18.0. The van der Waals surface area contributed by atoms with Crippen molar-refractivity contribution < 1.29 is 28.8 Å². The van der Waals surface area contributed by atoms with Gasteiger partial charge in [0.1, 0.15) is 36.3 Å². The minimum atomic E-state index is -0.969. The van der Waals surface area contributed by atoms with E-state index in [9.17, 15) is 28.8 Å². The van der Waals surface area contributed by atoms with E-state index in [2.05, 4.69) is 31.9 Å². The van der Waals surface area contributed by atoms with Crippen LogP contribution in [0.2, 0.25) is 0 Å². The molecule has 6 atom stereocenters. The van der Waals surface area contributed by atoms with Gasteiger partial charge in [0.2, 0.25) is 35.4 Å². The molecule has 1 heterocycles. The molecule has 0 aromatic rings. The fourth-order valence-electron chi connectivity index (χ4n) is 5.85. The van der Waals surface area contributed by atoms with Gasteiger partial charge in [-0.15, -0.1) is 0 Å². The summed E-state index contributed by atoms with van der Waals surface area (Å²) in [6.07, 6.45) is 1.82. The first kappa shape index (κ1) is 42.8. The summed E-state index contributed by atoms with van der Waals surface area (Å²) in [4.78, 5) is 82.7. The molecule has 1 rings (SSSR count). The molecule has 1 fully saturated rings. The number of carbonyl (C=O) groups excluding carboxylic acids is 6. The van der Waals surface area contributed by atoms with Crippen LogP contribution in [0.15, 0.2) is 0 Å². The molecule has 12 nitrogen and oxygen atoms in total. The Bertz CT molecular complexity index is 872. The number of nitrogens with one attached hydrogen (secondary N) is 6. The molecular formula is C36H66N6O6. The molecule has 0 radical (unpaired) electrons. The molecule has 0 aliphatic carbocycles. The Morgan fingerprint density at radius 1 is 0.292 bits per heavy atom. The summed E-state index contributed by atoms with van der Waals surface area (Å²) < 4.78 is 0. The molecule has 6 amide bonds. The van der Waals surface area contributed by atoms with Crippen LogP contribution in [0.1, 0.15) is 122 Å². The van der Waals surface area contributed by atoms with Crippen molar-refractivity contribution in [2.45, 2.75) is 158 Å². The van der Waals surface area contributed by atoms with Gasteiger partial charge in [-0.3, -0.25) is 28.8 Å². The van der Waals surface area contributed by atoms with Crippen molar-refractivity contribution in [3.8, 4) is 0 Å². The highest BCUT2D eigenvalue weighted by Gasteiger charge is 2.36. The van der Waals surface area contributed by atoms with E-state index in [-0.39, 0.29) is 35.5 Å². The smallest absolute Gasteiger partial charge is 0.243 e. The fraction of sp³-hybridized carbons (Fsp3) is 0.833. The maximum absolute atomic E-state index is 13.8. The van der Waals surface area contributed by atoms with Crippen LogP contribution in [0.5, 0.6) is 0 Å². The van der Waals surface area contributed by atoms with E-state index >= 15 is 0 Å². The summed E-state index contributed by atoms with van der Waals surface area (Å²) in [5.41, 5.74) is 0. The minimum Gasteiger partial charge on any atom is -0.343 e. The monoisotopic (exact) mass is 679 g/mol. The fourth-order valence-corrected chi connectivity index (χ4v) is 5.85. The zero-order valence-corrected chi connectivity index (χ0v) is 31.6. The van der Waals surface area contributed by atoms with Crippen molar-refractivity contribution in [3.63, 3.8) is 0 Å². The summed E-state index contributed by atoms with van der Waals surface area (Å²) in [6.45, 7) is 23.1. The van der Waals surface area contributed by atoms with Gasteiger partial charge in [0.15, 0.2) is 0 Å². The zero-order valence-electron chi connectivity index (χ0n) is 31.6. The second-order valence-corrected chi connectivity index (χ2v) is 16.1. The van der Waals surface area contributed by atoms with Gasteiger partial charge >= 0.3 is 0 Å². The topological polar surface area (TPSA) is 175 Å². The second-order valence-electron chi connectivity index (χ2n) is 16.1. The van der Waals surface area contributed by atoms with E-state index in [1.165, 1.54) is 0 Å². The number of rotatable bonds is 12. The average molecular weight is 679 g/mol. The van der Waals surface area contributed by atoms with Crippen LogP contribution < -0.4 is 31.9 Å². The van der Waals surface area contributed by atoms with Gasteiger partial charge in [-0.25, -0.2) is 0 Å². The van der Waals surface area contributed by atoms with Crippen molar-refractivity contribution in [1.29, 1.82) is 0 Å². The second kappa shape index (κ2) is 20.4. The van der Waals surface area contributed by atoms with E-state index in [0.717, 1.165) is 0 Å². The molecule has 6 N–H and O–H groups in total. The highest BCUT2D eigenvalue weighted by molar-refractivity contribution is 5.98. The van der Waals surface area contributed by atoms with Crippen molar-refractivity contribution in [3.05, 3.63) is 0 Å². The van der Waals surface area contributed by atoms with Crippen molar-refractivity contribution in [2.24, 2.45) is 35.5 Å². The third-order valence-corrected chi connectivity index (χ3v) is 8.04. The molecule has 1 aliphatic rings. The Balaban J connectivity index is 3.78. The Labute approximate surface area is 289 Å². The van der Waals surface area contributed by atoms with Crippen LogP contribution in [-0.4, -0.2) is 71.7 Å². The predicted octanol–water partition coefficient (Wildman–Crippen LogP) is 3.19. The summed E-state index contributed by atoms with van der Waals surface area (Å²) in [5, 5.41) is 17.1. The Kier molecular flexibility index (Phi) is 18.2. The average Bonchev–Trinajstić information content (AvgIpc) is 2.92. The Morgan fingerprint density at radius 3 is 0.479 bits per heavy atom. The molecule has 276 valence electrons. The lowest BCUT2D eigenvalue weighted by atomic mass is 9.96. The van der Waals surface area contributed by atoms with Crippen LogP contribution in [0.3, 0.4) is 0 Å². The molecule has 0 unspecified atom stereocenters. The number of carbonyl (C=O) groups is 6. The van der Waals surface area contributed by atoms with E-state index in [0.29, 0.717) is 38.5 Å². The number of amides is 6. The Morgan fingerprint density at radius 2 is 0.396 bits per heavy atom. The van der Waals surface area contributed by atoms with Gasteiger partial charge < -0.3 is 31.9 Å². The zero-order chi connectivity index (χ0) is 36.9. The lowest BCUT2D eigenvalue weighted by Crippen LogP contribution is -2.62. The van der Waals surface area contributed by atoms with Crippen molar-refractivity contribution in [2.75, 3.05) is 0 Å². The third kappa shape index (κ3) is 15.8. The van der Waals surface area contributed by atoms with E-state index in [1.807, 2.05) is 83.1 Å². The van der Waals surface area contributed by atoms with Gasteiger partial charge in [-0.05, 0) is 74.0 Å². The first-order chi connectivity index (χ1) is 22.2. The van der Waals surface area contributed by atoms with Crippen molar-refractivity contribution >= 4 is 35.4 Å². The molecule has 1 aliphatic heterocycles. The maximum atomic E-state index is 13.8. The summed E-state index contributed by atoms with van der Waals surface area (Å²) >= 11 is 0. The van der Waals surface area contributed by atoms with Gasteiger partial charge in [-0.2, -0.15) is 0 Å². The normalized spacial score (nSPS) is 25.9. The minimum absolute atomic E-state index is 0.0259. The lowest BCUT2D eigenvalue weighted by Gasteiger charge is -2.31. The standard InChI is InChI=1S/C36H66N6O6/c1-19(2)13-25-31(43)38-27(15-21(5)6)33(45)40-29(17-23(9)10)35(47)42-30(18-24(11)12)36(48)41-28(16-22(7)8)34(46)39-26(14-20(3)4)32(44)37-25/h19-30H,13-18H2,1-12H3,(H,37,44)(H,38,43)(H,39,46)(H,40,45)(H,41,48)(H,42,47)/t25-,26-,27-,28-,29-,30-/m0/s1. The third-order valence-electron chi connectivity index (χ3n) is 8.04. The highest BCUT2D eigenvalue weighted by atomic mass is 16.2. The van der Waals surface area contributed by atoms with Crippen LogP contribution in [0.4, 0.5) is 0 Å². The highest BCUT2D eigenvalue weighted by Crippen LogP contribution is 2.15. The lowest BCUT2D eigenvalue weighted by molar-refractivity contribution is -0.137. The maximum Gasteiger partial charge on any atom is 0.243 e. The van der Waals surface area contributed by atoms with Gasteiger partial charge in [0.05, 0.1) is 0 Å². The molecular weight excluding hydrogens is 612 g/mol. The largest absolute Gasteiger partial charge is 0.343 e. The molecule has 0 spiro atoms. The molecule has 0 aromatic carbocycles. The van der Waals surface area contributed by atoms with E-state index in [1.54, 1.807) is 0 Å². The molecule has 0 aromatic heterocycles. The van der Waals surface area contributed by atoms with Crippen LogP contribution in [-0.2, 0) is 28.8 Å². The van der Waals surface area contributed by atoms with E-state index < -0.39 is 71.7 Å². The van der Waals surface area contributed by atoms with Gasteiger partial charge in [0.25, 0.3) is 0 Å². The summed E-state index contributed by atoms with van der Waals surface area (Å²) in [7, 11) is 0. The molecule has 0 saturated carbocycles. The summed E-state index contributed by atoms with van der Waals surface area (Å²) in [6, 6.07) is -5.82. The predicted molar refractivity (Wildman–Crippen MR) is 188 cm³/mol. The molecule has 12 heteroatoms. The molecule has 48 heavy (non-hydrogen) atoms. The quantitative estimate of drug-likeness (QED) is 0.185. The van der Waals surface area contributed by atoms with Crippen LogP contribution >= 0.6 is 0 Å². The Hall–Kier alpha value is -3.18. The van der Waals surface area contributed by atoms with Gasteiger partial charge in [-0.1, -0.05) is 83.1 Å². The first-order valence-electron chi connectivity index (χ1n) is 18.0. The SMILES string of the molecule is CC(C)C[C@@H]1NC(=O)[C@H](CC(C)C)NC(=O)[C@H](CC(C)C)NC(=O)[C@H](CC(C)C)NC(=O)[C@H](CC(C)C)NC(=O)[C@H](CC(C)C)NC1=O.